The lowest BCUT2D eigenvalue weighted by atomic mass is 10.2. The Bertz CT molecular complexity index is 935. The van der Waals surface area contributed by atoms with Crippen molar-refractivity contribution in [3.63, 3.8) is 0 Å². The fourth-order valence-electron chi connectivity index (χ4n) is 2.94. The minimum atomic E-state index is -0.176. The number of aromatic nitrogens is 4. The van der Waals surface area contributed by atoms with E-state index in [4.69, 9.17) is 0 Å². The Balaban J connectivity index is 1.51. The van der Waals surface area contributed by atoms with Gasteiger partial charge in [0.2, 0.25) is 5.91 Å². The average Bonchev–Trinajstić information content (AvgIpc) is 3.44. The van der Waals surface area contributed by atoms with Gasteiger partial charge >= 0.3 is 0 Å². The Morgan fingerprint density at radius 1 is 1.07 bits per heavy atom. The molecule has 0 bridgehead atoms. The van der Waals surface area contributed by atoms with Crippen LogP contribution in [0.3, 0.4) is 0 Å². The number of hydrogen-bond acceptors (Lipinski definition) is 4. The highest BCUT2D eigenvalue weighted by Gasteiger charge is 2.18. The molecule has 3 rings (SSSR count). The summed E-state index contributed by atoms with van der Waals surface area (Å²) in [6.45, 7) is 2.83. The van der Waals surface area contributed by atoms with Crippen molar-refractivity contribution in [3.05, 3.63) is 67.0 Å². The van der Waals surface area contributed by atoms with Crippen LogP contribution in [0.15, 0.2) is 61.3 Å². The molecule has 0 N–H and O–H groups in total. The SMILES string of the molecule is CC(CC(=O)N(C)CCN(C)C(=O)c1cn(-c2ccccc2)cn1)n1cccn1. The number of carbonyl (C=O) groups excluding carboxylic acids is 2. The van der Waals surface area contributed by atoms with E-state index >= 15 is 0 Å². The fraction of sp³-hybridized carbons (Fsp3) is 0.333. The molecule has 2 aromatic heterocycles. The zero-order chi connectivity index (χ0) is 20.8. The number of benzene rings is 1. The molecule has 8 heteroatoms. The maximum Gasteiger partial charge on any atom is 0.273 e. The topological polar surface area (TPSA) is 76.3 Å². The van der Waals surface area contributed by atoms with E-state index in [-0.39, 0.29) is 17.9 Å². The van der Waals surface area contributed by atoms with Gasteiger partial charge in [0.1, 0.15) is 12.0 Å². The summed E-state index contributed by atoms with van der Waals surface area (Å²) in [6, 6.07) is 11.5. The smallest absolute Gasteiger partial charge is 0.273 e. The van der Waals surface area contributed by atoms with E-state index in [1.54, 1.807) is 47.3 Å². The van der Waals surface area contributed by atoms with Gasteiger partial charge in [0.25, 0.3) is 5.91 Å². The Kier molecular flexibility index (Phi) is 6.43. The summed E-state index contributed by atoms with van der Waals surface area (Å²) in [5.74, 6) is -0.160. The highest BCUT2D eigenvalue weighted by atomic mass is 16.2. The third kappa shape index (κ3) is 5.10. The predicted molar refractivity (Wildman–Crippen MR) is 110 cm³/mol. The Morgan fingerprint density at radius 3 is 2.48 bits per heavy atom. The lowest BCUT2D eigenvalue weighted by molar-refractivity contribution is -0.130. The highest BCUT2D eigenvalue weighted by Crippen LogP contribution is 2.11. The van der Waals surface area contributed by atoms with Crippen molar-refractivity contribution in [2.45, 2.75) is 19.4 Å². The Morgan fingerprint density at radius 2 is 1.79 bits per heavy atom. The fourth-order valence-corrected chi connectivity index (χ4v) is 2.94. The maximum absolute atomic E-state index is 12.6. The van der Waals surface area contributed by atoms with Crippen LogP contribution in [0.4, 0.5) is 0 Å². The van der Waals surface area contributed by atoms with Gasteiger partial charge in [-0.1, -0.05) is 18.2 Å². The van der Waals surface area contributed by atoms with Crippen LogP contribution in [0.25, 0.3) is 5.69 Å². The van der Waals surface area contributed by atoms with E-state index in [1.165, 1.54) is 0 Å². The number of nitrogens with zero attached hydrogens (tertiary/aromatic N) is 6. The van der Waals surface area contributed by atoms with Gasteiger partial charge in [-0.2, -0.15) is 5.10 Å². The van der Waals surface area contributed by atoms with Crippen LogP contribution in [-0.2, 0) is 4.79 Å². The summed E-state index contributed by atoms with van der Waals surface area (Å²) in [6.07, 6.45) is 7.25. The average molecular weight is 394 g/mol. The second-order valence-corrected chi connectivity index (χ2v) is 7.08. The molecule has 0 saturated heterocycles. The first-order valence-electron chi connectivity index (χ1n) is 9.53. The van der Waals surface area contributed by atoms with E-state index in [0.29, 0.717) is 25.2 Å². The van der Waals surface area contributed by atoms with Gasteiger partial charge in [0.15, 0.2) is 0 Å². The van der Waals surface area contributed by atoms with Crippen LogP contribution in [0.1, 0.15) is 29.9 Å². The van der Waals surface area contributed by atoms with Crippen molar-refractivity contribution in [1.29, 1.82) is 0 Å². The molecular formula is C21H26N6O2. The van der Waals surface area contributed by atoms with Gasteiger partial charge < -0.3 is 14.4 Å². The molecule has 1 aromatic carbocycles. The molecule has 0 radical (unpaired) electrons. The molecule has 3 aromatic rings. The molecule has 1 unspecified atom stereocenters. The van der Waals surface area contributed by atoms with Crippen molar-refractivity contribution >= 4 is 11.8 Å². The van der Waals surface area contributed by atoms with E-state index < -0.39 is 0 Å². The molecule has 0 aliphatic heterocycles. The third-order valence-corrected chi connectivity index (χ3v) is 4.85. The van der Waals surface area contributed by atoms with Crippen molar-refractivity contribution in [2.24, 2.45) is 0 Å². The molecule has 8 nitrogen and oxygen atoms in total. The van der Waals surface area contributed by atoms with Crippen molar-refractivity contribution < 1.29 is 9.59 Å². The number of hydrogen-bond donors (Lipinski definition) is 0. The molecule has 0 aliphatic carbocycles. The summed E-state index contributed by atoms with van der Waals surface area (Å²) >= 11 is 0. The quantitative estimate of drug-likeness (QED) is 0.587. The van der Waals surface area contributed by atoms with Crippen molar-refractivity contribution in [1.82, 2.24) is 29.1 Å². The van der Waals surface area contributed by atoms with Crippen LogP contribution < -0.4 is 0 Å². The lowest BCUT2D eigenvalue weighted by Gasteiger charge is -2.23. The minimum Gasteiger partial charge on any atom is -0.344 e. The van der Waals surface area contributed by atoms with Crippen LogP contribution in [0.5, 0.6) is 0 Å². The van der Waals surface area contributed by atoms with E-state index in [2.05, 4.69) is 10.1 Å². The summed E-state index contributed by atoms with van der Waals surface area (Å²) in [4.78, 5) is 32.5. The number of para-hydroxylation sites is 1. The highest BCUT2D eigenvalue weighted by molar-refractivity contribution is 5.92. The summed E-state index contributed by atoms with van der Waals surface area (Å²) in [5.41, 5.74) is 1.32. The number of rotatable bonds is 8. The Hall–Kier alpha value is -3.42. The number of amides is 2. The molecule has 2 heterocycles. The number of likely N-dealkylation sites (N-methyl/N-ethyl adjacent to an activating group) is 2. The van der Waals surface area contributed by atoms with Crippen molar-refractivity contribution in [2.75, 3.05) is 27.2 Å². The second kappa shape index (κ2) is 9.18. The predicted octanol–water partition coefficient (Wildman–Crippen LogP) is 2.25. The zero-order valence-corrected chi connectivity index (χ0v) is 17.0. The molecule has 0 fully saturated rings. The standard InChI is InChI=1S/C21H26N6O2/c1-17(27-11-7-10-23-27)14-20(28)24(2)12-13-25(3)21(29)19-15-26(16-22-19)18-8-5-4-6-9-18/h4-11,15-17H,12-14H2,1-3H3. The first-order chi connectivity index (χ1) is 14.0. The molecule has 2 amide bonds. The summed E-state index contributed by atoms with van der Waals surface area (Å²) < 4.78 is 3.58. The molecule has 0 saturated carbocycles. The summed E-state index contributed by atoms with van der Waals surface area (Å²) in [5, 5.41) is 4.17. The monoisotopic (exact) mass is 394 g/mol. The molecular weight excluding hydrogens is 368 g/mol. The maximum atomic E-state index is 12.6. The van der Waals surface area contributed by atoms with E-state index in [0.717, 1.165) is 5.69 Å². The van der Waals surface area contributed by atoms with Gasteiger partial charge in [-0.25, -0.2) is 4.98 Å². The van der Waals surface area contributed by atoms with Gasteiger partial charge in [-0.05, 0) is 25.1 Å². The van der Waals surface area contributed by atoms with Gasteiger partial charge in [-0.3, -0.25) is 14.3 Å². The largest absolute Gasteiger partial charge is 0.344 e. The molecule has 29 heavy (non-hydrogen) atoms. The third-order valence-electron chi connectivity index (χ3n) is 4.85. The van der Waals surface area contributed by atoms with Crippen LogP contribution in [-0.4, -0.2) is 68.1 Å². The Labute approximate surface area is 170 Å². The lowest BCUT2D eigenvalue weighted by Crippen LogP contribution is -2.38. The zero-order valence-electron chi connectivity index (χ0n) is 17.0. The van der Waals surface area contributed by atoms with Crippen LogP contribution in [0.2, 0.25) is 0 Å². The van der Waals surface area contributed by atoms with Crippen molar-refractivity contribution in [3.8, 4) is 5.69 Å². The number of imidazole rings is 1. The molecule has 1 atom stereocenters. The second-order valence-electron chi connectivity index (χ2n) is 7.08. The molecule has 0 aliphatic rings. The first kappa shape index (κ1) is 20.3. The van der Waals surface area contributed by atoms with Gasteiger partial charge in [-0.15, -0.1) is 0 Å². The summed E-state index contributed by atoms with van der Waals surface area (Å²) in [7, 11) is 3.47. The van der Waals surface area contributed by atoms with Crippen LogP contribution >= 0.6 is 0 Å². The first-order valence-corrected chi connectivity index (χ1v) is 9.53. The number of carbonyl (C=O) groups is 2. The van der Waals surface area contributed by atoms with Gasteiger partial charge in [0, 0.05) is 57.9 Å². The normalized spacial score (nSPS) is 11.8. The van der Waals surface area contributed by atoms with E-state index in [1.807, 2.05) is 54.1 Å². The van der Waals surface area contributed by atoms with E-state index in [9.17, 15) is 9.59 Å². The van der Waals surface area contributed by atoms with Gasteiger partial charge in [0.05, 0.1) is 6.04 Å². The minimum absolute atomic E-state index is 0.0127. The molecule has 152 valence electrons. The molecule has 0 spiro atoms. The van der Waals surface area contributed by atoms with Crippen LogP contribution in [0, 0.1) is 0 Å².